The van der Waals surface area contributed by atoms with Gasteiger partial charge in [-0.25, -0.2) is 9.48 Å². The minimum absolute atomic E-state index is 0.322. The van der Waals surface area contributed by atoms with Crippen LogP contribution in [0.1, 0.15) is 19.4 Å². The van der Waals surface area contributed by atoms with Crippen molar-refractivity contribution >= 4 is 16.7 Å². The van der Waals surface area contributed by atoms with Gasteiger partial charge in [-0.15, -0.1) is 0 Å². The maximum Gasteiger partial charge on any atom is 0.330 e. The van der Waals surface area contributed by atoms with Crippen LogP contribution in [0.25, 0.3) is 22.0 Å². The van der Waals surface area contributed by atoms with E-state index in [1.165, 1.54) is 17.9 Å². The Bertz CT molecular complexity index is 946. The van der Waals surface area contributed by atoms with Crippen LogP contribution >= 0.6 is 0 Å². The van der Waals surface area contributed by atoms with E-state index in [9.17, 15) is 9.59 Å². The number of ether oxygens (including phenoxy) is 1. The van der Waals surface area contributed by atoms with Crippen LogP contribution in [0.15, 0.2) is 59.4 Å². The molecule has 0 amide bonds. The first kappa shape index (κ1) is 15.9. The Morgan fingerprint density at radius 3 is 2.58 bits per heavy atom. The van der Waals surface area contributed by atoms with Gasteiger partial charge in [-0.05, 0) is 29.3 Å². The van der Waals surface area contributed by atoms with Gasteiger partial charge in [-0.1, -0.05) is 43.3 Å². The lowest BCUT2D eigenvalue weighted by atomic mass is 10.1. The second kappa shape index (κ2) is 6.66. The second-order valence-electron chi connectivity index (χ2n) is 5.51. The molecule has 3 rings (SSSR count). The summed E-state index contributed by atoms with van der Waals surface area (Å²) in [5.74, 6) is -0.470. The van der Waals surface area contributed by atoms with Gasteiger partial charge in [0.15, 0.2) is 6.04 Å². The summed E-state index contributed by atoms with van der Waals surface area (Å²) < 4.78 is 5.98. The first-order valence-electron chi connectivity index (χ1n) is 7.81. The highest BCUT2D eigenvalue weighted by molar-refractivity contribution is 5.86. The van der Waals surface area contributed by atoms with Crippen molar-refractivity contribution in [2.24, 2.45) is 0 Å². The van der Waals surface area contributed by atoms with Gasteiger partial charge in [0.1, 0.15) is 0 Å². The summed E-state index contributed by atoms with van der Waals surface area (Å²) in [4.78, 5) is 24.0. The average Bonchev–Trinajstić information content (AvgIpc) is 2.63. The Morgan fingerprint density at radius 1 is 1.12 bits per heavy atom. The number of fused-ring (bicyclic) bond motifs is 1. The molecule has 0 spiro atoms. The standard InChI is InChI=1S/C19H18N2O3/c1-3-17(19(23)24-2)21-18(22)11-10-16(20-21)15-9-8-13-6-4-5-7-14(13)12-15/h4-12,17H,3H2,1-2H3/t17-/m1/s1. The molecule has 5 heteroatoms. The molecule has 2 aromatic carbocycles. The molecule has 0 radical (unpaired) electrons. The molecule has 0 fully saturated rings. The summed E-state index contributed by atoms with van der Waals surface area (Å²) in [5.41, 5.74) is 1.21. The van der Waals surface area contributed by atoms with Crippen molar-refractivity contribution in [1.82, 2.24) is 9.78 Å². The number of esters is 1. The molecule has 1 heterocycles. The fourth-order valence-electron chi connectivity index (χ4n) is 2.73. The van der Waals surface area contributed by atoms with Crippen LogP contribution in [0.4, 0.5) is 0 Å². The molecule has 0 unspecified atom stereocenters. The number of rotatable bonds is 4. The Labute approximate surface area is 139 Å². The zero-order valence-electron chi connectivity index (χ0n) is 13.6. The van der Waals surface area contributed by atoms with Gasteiger partial charge in [-0.2, -0.15) is 5.10 Å². The molecule has 0 aliphatic carbocycles. The number of benzene rings is 2. The first-order valence-corrected chi connectivity index (χ1v) is 7.81. The third-order valence-electron chi connectivity index (χ3n) is 4.03. The third-order valence-corrected chi connectivity index (χ3v) is 4.03. The van der Waals surface area contributed by atoms with E-state index in [-0.39, 0.29) is 5.56 Å². The van der Waals surface area contributed by atoms with Gasteiger partial charge in [0.05, 0.1) is 12.8 Å². The summed E-state index contributed by atoms with van der Waals surface area (Å²) in [6.45, 7) is 1.82. The Morgan fingerprint density at radius 2 is 1.88 bits per heavy atom. The highest BCUT2D eigenvalue weighted by Crippen LogP contribution is 2.23. The largest absolute Gasteiger partial charge is 0.467 e. The van der Waals surface area contributed by atoms with Crippen LogP contribution in [0, 0.1) is 0 Å². The summed E-state index contributed by atoms with van der Waals surface area (Å²) >= 11 is 0. The van der Waals surface area contributed by atoms with E-state index >= 15 is 0 Å². The van der Waals surface area contributed by atoms with Crippen LogP contribution in [0.3, 0.4) is 0 Å². The van der Waals surface area contributed by atoms with Crippen LogP contribution in [-0.4, -0.2) is 22.9 Å². The second-order valence-corrected chi connectivity index (χ2v) is 5.51. The van der Waals surface area contributed by atoms with Crippen LogP contribution in [0.5, 0.6) is 0 Å². The number of nitrogens with zero attached hydrogens (tertiary/aromatic N) is 2. The molecule has 0 saturated carbocycles. The molecule has 0 aliphatic heterocycles. The van der Waals surface area contributed by atoms with Gasteiger partial charge in [0.25, 0.3) is 5.56 Å². The quantitative estimate of drug-likeness (QED) is 0.692. The topological polar surface area (TPSA) is 61.2 Å². The SMILES string of the molecule is CC[C@H](C(=O)OC)n1nc(-c2ccc3ccccc3c2)ccc1=O. The summed E-state index contributed by atoms with van der Waals surface area (Å²) in [5, 5.41) is 6.62. The highest BCUT2D eigenvalue weighted by atomic mass is 16.5. The molecule has 0 N–H and O–H groups in total. The number of hydrogen-bond acceptors (Lipinski definition) is 4. The Kier molecular flexibility index (Phi) is 4.42. The number of methoxy groups -OCH3 is 1. The fourth-order valence-corrected chi connectivity index (χ4v) is 2.73. The maximum absolute atomic E-state index is 12.1. The van der Waals surface area contributed by atoms with Gasteiger partial charge in [0.2, 0.25) is 0 Å². The first-order chi connectivity index (χ1) is 11.6. The minimum atomic E-state index is -0.720. The van der Waals surface area contributed by atoms with E-state index in [0.717, 1.165) is 16.3 Å². The summed E-state index contributed by atoms with van der Waals surface area (Å²) in [6, 6.07) is 16.4. The van der Waals surface area contributed by atoms with Crippen LogP contribution < -0.4 is 5.56 Å². The van der Waals surface area contributed by atoms with Crippen LogP contribution in [0.2, 0.25) is 0 Å². The van der Waals surface area contributed by atoms with E-state index < -0.39 is 12.0 Å². The molecule has 0 aliphatic rings. The van der Waals surface area contributed by atoms with E-state index in [1.807, 2.05) is 49.4 Å². The lowest BCUT2D eigenvalue weighted by molar-refractivity contribution is -0.145. The zero-order valence-corrected chi connectivity index (χ0v) is 13.6. The number of aromatic nitrogens is 2. The number of hydrogen-bond donors (Lipinski definition) is 0. The fraction of sp³-hybridized carbons (Fsp3) is 0.211. The molecule has 1 aromatic heterocycles. The maximum atomic E-state index is 12.1. The summed E-state index contributed by atoms with van der Waals surface area (Å²) in [7, 11) is 1.31. The predicted molar refractivity (Wildman–Crippen MR) is 92.8 cm³/mol. The van der Waals surface area contributed by atoms with E-state index in [2.05, 4.69) is 5.10 Å². The van der Waals surface area contributed by atoms with Crippen molar-refractivity contribution in [2.45, 2.75) is 19.4 Å². The molecule has 0 bridgehead atoms. The Hall–Kier alpha value is -2.95. The molecular formula is C19H18N2O3. The summed E-state index contributed by atoms with van der Waals surface area (Å²) in [6.07, 6.45) is 0.431. The van der Waals surface area contributed by atoms with Crippen molar-refractivity contribution in [1.29, 1.82) is 0 Å². The molecule has 122 valence electrons. The minimum Gasteiger partial charge on any atom is -0.467 e. The molecule has 1 atom stereocenters. The Balaban J connectivity index is 2.09. The average molecular weight is 322 g/mol. The molecule has 5 nitrogen and oxygen atoms in total. The third kappa shape index (κ3) is 2.93. The van der Waals surface area contributed by atoms with Crippen molar-refractivity contribution in [2.75, 3.05) is 7.11 Å². The monoisotopic (exact) mass is 322 g/mol. The van der Waals surface area contributed by atoms with E-state index in [4.69, 9.17) is 4.74 Å². The van der Waals surface area contributed by atoms with Crippen molar-refractivity contribution < 1.29 is 9.53 Å². The van der Waals surface area contributed by atoms with Crippen molar-refractivity contribution in [3.63, 3.8) is 0 Å². The smallest absolute Gasteiger partial charge is 0.330 e. The van der Waals surface area contributed by atoms with Gasteiger partial charge < -0.3 is 4.74 Å². The van der Waals surface area contributed by atoms with Crippen LogP contribution in [-0.2, 0) is 9.53 Å². The predicted octanol–water partition coefficient (Wildman–Crippen LogP) is 3.19. The zero-order chi connectivity index (χ0) is 17.1. The van der Waals surface area contributed by atoms with Crippen molar-refractivity contribution in [3.05, 3.63) is 65.0 Å². The van der Waals surface area contributed by atoms with E-state index in [0.29, 0.717) is 12.1 Å². The molecular weight excluding hydrogens is 304 g/mol. The molecule has 24 heavy (non-hydrogen) atoms. The van der Waals surface area contributed by atoms with Gasteiger partial charge in [0, 0.05) is 11.6 Å². The lowest BCUT2D eigenvalue weighted by Gasteiger charge is -2.15. The highest BCUT2D eigenvalue weighted by Gasteiger charge is 2.21. The molecule has 3 aromatic rings. The molecule has 0 saturated heterocycles. The number of carbonyl (C=O) groups excluding carboxylic acids is 1. The normalized spacial score (nSPS) is 12.1. The van der Waals surface area contributed by atoms with E-state index in [1.54, 1.807) is 6.07 Å². The lowest BCUT2D eigenvalue weighted by Crippen LogP contribution is -2.32. The number of carbonyl (C=O) groups is 1. The van der Waals surface area contributed by atoms with Crippen molar-refractivity contribution in [3.8, 4) is 11.3 Å². The van der Waals surface area contributed by atoms with Gasteiger partial charge in [-0.3, -0.25) is 4.79 Å². The van der Waals surface area contributed by atoms with Gasteiger partial charge >= 0.3 is 5.97 Å².